The van der Waals surface area contributed by atoms with E-state index in [2.05, 4.69) is 9.71 Å². The molecule has 9 nitrogen and oxygen atoms in total. The lowest BCUT2D eigenvalue weighted by Crippen LogP contribution is -2.44. The minimum absolute atomic E-state index is 0.0774. The molecular weight excluding hydrogens is 458 g/mol. The summed E-state index contributed by atoms with van der Waals surface area (Å²) >= 11 is 0. The topological polar surface area (TPSA) is 122 Å². The number of sulfonamides is 1. The SMILES string of the molecule is CC(=O)c1ccc(NC(=O)C(C)OC(=O)C2CCCN(C3=NS(=O)(=O)c4ccccc43)C2)cc1. The Morgan fingerprint density at radius 3 is 2.53 bits per heavy atom. The van der Waals surface area contributed by atoms with Crippen molar-refractivity contribution in [2.75, 3.05) is 18.4 Å². The predicted molar refractivity (Wildman–Crippen MR) is 125 cm³/mol. The van der Waals surface area contributed by atoms with E-state index in [0.29, 0.717) is 42.0 Å². The number of fused-ring (bicyclic) bond motifs is 1. The minimum atomic E-state index is -3.75. The van der Waals surface area contributed by atoms with Crippen molar-refractivity contribution in [3.63, 3.8) is 0 Å². The van der Waals surface area contributed by atoms with Gasteiger partial charge in [-0.05, 0) is 63.1 Å². The first-order valence-electron chi connectivity index (χ1n) is 11.0. The highest BCUT2D eigenvalue weighted by Gasteiger charge is 2.36. The maximum Gasteiger partial charge on any atom is 0.311 e. The number of carbonyl (C=O) groups excluding carboxylic acids is 3. The summed E-state index contributed by atoms with van der Waals surface area (Å²) in [6.45, 7) is 3.77. The van der Waals surface area contributed by atoms with Gasteiger partial charge in [0.15, 0.2) is 17.7 Å². The van der Waals surface area contributed by atoms with Gasteiger partial charge in [-0.2, -0.15) is 8.42 Å². The molecule has 1 N–H and O–H groups in total. The van der Waals surface area contributed by atoms with Gasteiger partial charge in [0.1, 0.15) is 4.90 Å². The maximum absolute atomic E-state index is 12.8. The molecule has 10 heteroatoms. The van der Waals surface area contributed by atoms with E-state index in [-0.39, 0.29) is 17.2 Å². The van der Waals surface area contributed by atoms with Crippen LogP contribution in [0.2, 0.25) is 0 Å². The van der Waals surface area contributed by atoms with Gasteiger partial charge in [-0.15, -0.1) is 4.40 Å². The number of esters is 1. The molecule has 1 saturated heterocycles. The smallest absolute Gasteiger partial charge is 0.311 e. The van der Waals surface area contributed by atoms with E-state index in [1.807, 2.05) is 0 Å². The van der Waals surface area contributed by atoms with Crippen molar-refractivity contribution in [2.24, 2.45) is 10.3 Å². The summed E-state index contributed by atoms with van der Waals surface area (Å²) in [5, 5.41) is 2.67. The van der Waals surface area contributed by atoms with E-state index in [4.69, 9.17) is 4.74 Å². The molecule has 1 amide bonds. The van der Waals surface area contributed by atoms with E-state index in [1.54, 1.807) is 47.4 Å². The van der Waals surface area contributed by atoms with Crippen molar-refractivity contribution < 1.29 is 27.5 Å². The summed E-state index contributed by atoms with van der Waals surface area (Å²) in [5.41, 5.74) is 1.54. The quantitative estimate of drug-likeness (QED) is 0.512. The minimum Gasteiger partial charge on any atom is -0.452 e. The van der Waals surface area contributed by atoms with Gasteiger partial charge in [-0.1, -0.05) is 12.1 Å². The predicted octanol–water partition coefficient (Wildman–Crippen LogP) is 2.62. The van der Waals surface area contributed by atoms with Gasteiger partial charge in [-0.3, -0.25) is 14.4 Å². The van der Waals surface area contributed by atoms with Crippen LogP contribution in [0.25, 0.3) is 0 Å². The molecule has 4 rings (SSSR count). The van der Waals surface area contributed by atoms with Crippen molar-refractivity contribution in [1.29, 1.82) is 0 Å². The standard InChI is InChI=1S/C24H25N3O6S/c1-15(28)17-9-11-19(12-10-17)25-23(29)16(2)33-24(30)18-6-5-13-27(14-18)22-20-7-3-4-8-21(20)34(31,32)26-22/h3-4,7-12,16,18H,5-6,13-14H2,1-2H3,(H,25,29). The summed E-state index contributed by atoms with van der Waals surface area (Å²) in [4.78, 5) is 38.6. The van der Waals surface area contributed by atoms with Crippen molar-refractivity contribution in [3.05, 3.63) is 59.7 Å². The Kier molecular flexibility index (Phi) is 6.52. The van der Waals surface area contributed by atoms with Crippen LogP contribution in [0.15, 0.2) is 57.8 Å². The molecule has 2 aromatic carbocycles. The summed E-state index contributed by atoms with van der Waals surface area (Å²) in [7, 11) is -3.75. The van der Waals surface area contributed by atoms with Crippen LogP contribution in [0, 0.1) is 5.92 Å². The van der Waals surface area contributed by atoms with Gasteiger partial charge >= 0.3 is 5.97 Å². The highest BCUT2D eigenvalue weighted by molar-refractivity contribution is 7.90. The van der Waals surface area contributed by atoms with Gasteiger partial charge in [0, 0.05) is 29.9 Å². The summed E-state index contributed by atoms with van der Waals surface area (Å²) in [6.07, 6.45) is 0.197. The number of amides is 1. The lowest BCUT2D eigenvalue weighted by atomic mass is 9.97. The second-order valence-electron chi connectivity index (χ2n) is 8.37. The molecule has 2 atom stereocenters. The van der Waals surface area contributed by atoms with Crippen molar-refractivity contribution >= 4 is 39.2 Å². The Hall–Kier alpha value is -3.53. The van der Waals surface area contributed by atoms with Crippen LogP contribution in [0.3, 0.4) is 0 Å². The Morgan fingerprint density at radius 2 is 1.82 bits per heavy atom. The molecule has 0 spiro atoms. The molecular formula is C24H25N3O6S. The van der Waals surface area contributed by atoms with Gasteiger partial charge in [0.05, 0.1) is 5.92 Å². The summed E-state index contributed by atoms with van der Waals surface area (Å²) in [6, 6.07) is 13.0. The number of likely N-dealkylation sites (tertiary alicyclic amines) is 1. The summed E-state index contributed by atoms with van der Waals surface area (Å²) < 4.78 is 34.1. The molecule has 34 heavy (non-hydrogen) atoms. The molecule has 2 aliphatic rings. The zero-order valence-corrected chi connectivity index (χ0v) is 19.7. The third kappa shape index (κ3) is 4.86. The Balaban J connectivity index is 1.38. The van der Waals surface area contributed by atoms with Crippen LogP contribution >= 0.6 is 0 Å². The number of piperidine rings is 1. The van der Waals surface area contributed by atoms with Crippen LogP contribution in [0.4, 0.5) is 5.69 Å². The van der Waals surface area contributed by atoms with Crippen molar-refractivity contribution in [2.45, 2.75) is 37.7 Å². The van der Waals surface area contributed by atoms with Gasteiger partial charge in [-0.25, -0.2) is 0 Å². The fourth-order valence-corrected chi connectivity index (χ4v) is 5.26. The first-order chi connectivity index (χ1) is 16.2. The molecule has 2 aliphatic heterocycles. The number of nitrogens with zero attached hydrogens (tertiary/aromatic N) is 2. The normalized spacial score (nSPS) is 19.5. The molecule has 0 aliphatic carbocycles. The number of Topliss-reactive ketones (excluding diaryl/α,β-unsaturated/α-hetero) is 1. The fourth-order valence-electron chi connectivity index (χ4n) is 4.03. The van der Waals surface area contributed by atoms with E-state index in [0.717, 1.165) is 0 Å². The first-order valence-corrected chi connectivity index (χ1v) is 12.4. The highest BCUT2D eigenvalue weighted by Crippen LogP contribution is 2.30. The number of carbonyl (C=O) groups is 3. The summed E-state index contributed by atoms with van der Waals surface area (Å²) in [5.74, 6) is -1.26. The Morgan fingerprint density at radius 1 is 1.12 bits per heavy atom. The Bertz CT molecular complexity index is 1270. The third-order valence-corrected chi connectivity index (χ3v) is 7.21. The molecule has 0 aromatic heterocycles. The van der Waals surface area contributed by atoms with Gasteiger partial charge < -0.3 is 15.0 Å². The van der Waals surface area contributed by atoms with Crippen molar-refractivity contribution in [1.82, 2.24) is 4.90 Å². The lowest BCUT2D eigenvalue weighted by Gasteiger charge is -2.33. The molecule has 2 unspecified atom stereocenters. The van der Waals surface area contributed by atoms with Crippen LogP contribution in [-0.4, -0.2) is 56.0 Å². The van der Waals surface area contributed by atoms with E-state index in [9.17, 15) is 22.8 Å². The second-order valence-corrected chi connectivity index (χ2v) is 9.95. The Labute approximate surface area is 197 Å². The maximum atomic E-state index is 12.8. The van der Waals surface area contributed by atoms with E-state index in [1.165, 1.54) is 19.9 Å². The monoisotopic (exact) mass is 483 g/mol. The van der Waals surface area contributed by atoms with E-state index < -0.39 is 33.9 Å². The zero-order valence-electron chi connectivity index (χ0n) is 18.9. The average molecular weight is 484 g/mol. The van der Waals surface area contributed by atoms with E-state index >= 15 is 0 Å². The number of nitrogens with one attached hydrogen (secondary N) is 1. The molecule has 178 valence electrons. The number of hydrogen-bond acceptors (Lipinski definition) is 7. The number of benzene rings is 2. The number of ketones is 1. The van der Waals surface area contributed by atoms with Crippen LogP contribution in [0.1, 0.15) is 42.6 Å². The van der Waals surface area contributed by atoms with Crippen LogP contribution < -0.4 is 5.32 Å². The van der Waals surface area contributed by atoms with Crippen LogP contribution in [0.5, 0.6) is 0 Å². The molecule has 0 radical (unpaired) electrons. The van der Waals surface area contributed by atoms with Crippen molar-refractivity contribution in [3.8, 4) is 0 Å². The van der Waals surface area contributed by atoms with Crippen LogP contribution in [-0.2, 0) is 24.3 Å². The number of anilines is 1. The largest absolute Gasteiger partial charge is 0.452 e. The molecule has 1 fully saturated rings. The molecule has 0 saturated carbocycles. The number of ether oxygens (including phenoxy) is 1. The zero-order chi connectivity index (χ0) is 24.5. The fraction of sp³-hybridized carbons (Fsp3) is 0.333. The molecule has 2 heterocycles. The second kappa shape index (κ2) is 9.38. The number of amidine groups is 1. The third-order valence-electron chi connectivity index (χ3n) is 5.89. The highest BCUT2D eigenvalue weighted by atomic mass is 32.2. The average Bonchev–Trinajstić information content (AvgIpc) is 3.10. The molecule has 2 aromatic rings. The number of hydrogen-bond donors (Lipinski definition) is 1. The first kappa shape index (κ1) is 23.6. The molecule has 0 bridgehead atoms. The van der Waals surface area contributed by atoms with Gasteiger partial charge in [0.2, 0.25) is 0 Å². The number of rotatable bonds is 5. The van der Waals surface area contributed by atoms with Gasteiger partial charge in [0.25, 0.3) is 15.9 Å². The lowest BCUT2D eigenvalue weighted by molar-refractivity contribution is -0.158.